The zero-order valence-corrected chi connectivity index (χ0v) is 10.5. The molecule has 0 spiro atoms. The van der Waals surface area contributed by atoms with Gasteiger partial charge in [-0.25, -0.2) is 0 Å². The lowest BCUT2D eigenvalue weighted by Crippen LogP contribution is -2.10. The predicted octanol–water partition coefficient (Wildman–Crippen LogP) is 3.24. The van der Waals surface area contributed by atoms with Crippen molar-refractivity contribution in [1.29, 1.82) is 5.41 Å². The maximum absolute atomic E-state index is 7.31. The van der Waals surface area contributed by atoms with Gasteiger partial charge in [-0.2, -0.15) is 0 Å². The molecular weight excluding hydrogens is 246 g/mol. The van der Waals surface area contributed by atoms with Gasteiger partial charge in [0.15, 0.2) is 0 Å². The van der Waals surface area contributed by atoms with Crippen molar-refractivity contribution < 1.29 is 0 Å². The van der Waals surface area contributed by atoms with Crippen LogP contribution < -0.4 is 11.1 Å². The highest BCUT2D eigenvalue weighted by molar-refractivity contribution is 6.31. The Kier molecular flexibility index (Phi) is 3.85. The summed E-state index contributed by atoms with van der Waals surface area (Å²) in [4.78, 5) is 0. The highest BCUT2D eigenvalue weighted by Gasteiger charge is 2.00. The molecule has 2 aromatic rings. The van der Waals surface area contributed by atoms with Crippen molar-refractivity contribution in [3.05, 3.63) is 64.7 Å². The van der Waals surface area contributed by atoms with Crippen LogP contribution in [0.5, 0.6) is 0 Å². The zero-order valence-electron chi connectivity index (χ0n) is 9.78. The fraction of sp³-hybridized carbons (Fsp3) is 0.0714. The number of nitrogens with two attached hydrogens (primary N) is 1. The molecule has 0 saturated carbocycles. The highest BCUT2D eigenvalue weighted by atomic mass is 35.5. The number of nitrogens with one attached hydrogen (secondary N) is 2. The van der Waals surface area contributed by atoms with Gasteiger partial charge in [0, 0.05) is 22.8 Å². The number of amidine groups is 1. The summed E-state index contributed by atoms with van der Waals surface area (Å²) < 4.78 is 0. The standard InChI is InChI=1S/C14H14ClN3/c15-13-4-2-1-3-11(13)9-18-12-7-5-10(6-8-12)14(16)17/h1-8,18H,9H2,(H3,16,17). The molecule has 0 aliphatic rings. The summed E-state index contributed by atoms with van der Waals surface area (Å²) in [7, 11) is 0. The Hall–Kier alpha value is -2.00. The normalized spacial score (nSPS) is 10.1. The molecule has 0 aliphatic heterocycles. The molecule has 3 nitrogen and oxygen atoms in total. The maximum atomic E-state index is 7.31. The molecule has 0 bridgehead atoms. The molecule has 92 valence electrons. The fourth-order valence-electron chi connectivity index (χ4n) is 1.61. The van der Waals surface area contributed by atoms with E-state index in [1.807, 2.05) is 48.5 Å². The minimum Gasteiger partial charge on any atom is -0.384 e. The molecule has 0 aliphatic carbocycles. The second-order valence-corrected chi connectivity index (χ2v) is 4.34. The third kappa shape index (κ3) is 3.02. The number of hydrogen-bond donors (Lipinski definition) is 3. The van der Waals surface area contributed by atoms with Crippen LogP contribution in [0.25, 0.3) is 0 Å². The van der Waals surface area contributed by atoms with Crippen LogP contribution in [0.3, 0.4) is 0 Å². The minimum absolute atomic E-state index is 0.0765. The van der Waals surface area contributed by atoms with E-state index in [0.717, 1.165) is 21.8 Å². The van der Waals surface area contributed by atoms with Gasteiger partial charge < -0.3 is 11.1 Å². The lowest BCUT2D eigenvalue weighted by atomic mass is 10.2. The van der Waals surface area contributed by atoms with Gasteiger partial charge in [-0.05, 0) is 35.9 Å². The monoisotopic (exact) mass is 259 g/mol. The number of rotatable bonds is 4. The lowest BCUT2D eigenvalue weighted by Gasteiger charge is -2.08. The molecule has 0 fully saturated rings. The predicted molar refractivity (Wildman–Crippen MR) is 76.2 cm³/mol. The topological polar surface area (TPSA) is 61.9 Å². The number of nitrogen functional groups attached to an aromatic ring is 1. The first kappa shape index (κ1) is 12.5. The summed E-state index contributed by atoms with van der Waals surface area (Å²) in [6, 6.07) is 15.2. The minimum atomic E-state index is 0.0765. The van der Waals surface area contributed by atoms with Gasteiger partial charge in [-0.15, -0.1) is 0 Å². The van der Waals surface area contributed by atoms with E-state index in [2.05, 4.69) is 5.32 Å². The van der Waals surface area contributed by atoms with Crippen LogP contribution in [-0.4, -0.2) is 5.84 Å². The lowest BCUT2D eigenvalue weighted by molar-refractivity contribution is 1.15. The first-order chi connectivity index (χ1) is 8.66. The molecule has 2 rings (SSSR count). The largest absolute Gasteiger partial charge is 0.384 e. The Morgan fingerprint density at radius 1 is 1.11 bits per heavy atom. The average molecular weight is 260 g/mol. The summed E-state index contributed by atoms with van der Waals surface area (Å²) in [5.41, 5.74) is 8.14. The van der Waals surface area contributed by atoms with Gasteiger partial charge >= 0.3 is 0 Å². The number of benzene rings is 2. The van der Waals surface area contributed by atoms with Crippen LogP contribution in [0.4, 0.5) is 5.69 Å². The Bertz CT molecular complexity index is 549. The van der Waals surface area contributed by atoms with Crippen molar-refractivity contribution in [2.45, 2.75) is 6.54 Å². The number of halogens is 1. The summed E-state index contributed by atoms with van der Waals surface area (Å²) in [6.45, 7) is 0.666. The van der Waals surface area contributed by atoms with Crippen LogP contribution in [0, 0.1) is 5.41 Å². The third-order valence-electron chi connectivity index (χ3n) is 2.64. The quantitative estimate of drug-likeness (QED) is 0.583. The van der Waals surface area contributed by atoms with E-state index in [1.165, 1.54) is 0 Å². The molecule has 4 N–H and O–H groups in total. The summed E-state index contributed by atoms with van der Waals surface area (Å²) in [5, 5.41) is 11.3. The van der Waals surface area contributed by atoms with Crippen molar-refractivity contribution >= 4 is 23.1 Å². The highest BCUT2D eigenvalue weighted by Crippen LogP contribution is 2.17. The van der Waals surface area contributed by atoms with Crippen molar-refractivity contribution in [3.63, 3.8) is 0 Å². The van der Waals surface area contributed by atoms with E-state index in [0.29, 0.717) is 6.54 Å². The number of hydrogen-bond acceptors (Lipinski definition) is 2. The van der Waals surface area contributed by atoms with Gasteiger partial charge in [-0.1, -0.05) is 29.8 Å². The summed E-state index contributed by atoms with van der Waals surface area (Å²) >= 11 is 6.07. The van der Waals surface area contributed by atoms with Crippen LogP contribution in [-0.2, 0) is 6.54 Å². The van der Waals surface area contributed by atoms with Gasteiger partial charge in [0.05, 0.1) is 0 Å². The Balaban J connectivity index is 2.02. The van der Waals surface area contributed by atoms with Crippen molar-refractivity contribution in [2.75, 3.05) is 5.32 Å². The molecule has 0 amide bonds. The van der Waals surface area contributed by atoms with E-state index < -0.39 is 0 Å². The van der Waals surface area contributed by atoms with Crippen LogP contribution in [0.15, 0.2) is 48.5 Å². The summed E-state index contributed by atoms with van der Waals surface area (Å²) in [6.07, 6.45) is 0. The van der Waals surface area contributed by atoms with Crippen molar-refractivity contribution in [2.24, 2.45) is 5.73 Å². The van der Waals surface area contributed by atoms with Gasteiger partial charge in [0.1, 0.15) is 5.84 Å². The third-order valence-corrected chi connectivity index (χ3v) is 3.01. The fourth-order valence-corrected chi connectivity index (χ4v) is 1.81. The van der Waals surface area contributed by atoms with E-state index >= 15 is 0 Å². The van der Waals surface area contributed by atoms with Crippen molar-refractivity contribution in [1.82, 2.24) is 0 Å². The summed E-state index contributed by atoms with van der Waals surface area (Å²) in [5.74, 6) is 0.0765. The number of anilines is 1. The van der Waals surface area contributed by atoms with Gasteiger partial charge in [-0.3, -0.25) is 5.41 Å². The van der Waals surface area contributed by atoms with E-state index in [-0.39, 0.29) is 5.84 Å². The smallest absolute Gasteiger partial charge is 0.122 e. The van der Waals surface area contributed by atoms with E-state index in [9.17, 15) is 0 Å². The molecular formula is C14H14ClN3. The van der Waals surface area contributed by atoms with Crippen LogP contribution in [0.1, 0.15) is 11.1 Å². The second-order valence-electron chi connectivity index (χ2n) is 3.94. The maximum Gasteiger partial charge on any atom is 0.122 e. The Morgan fingerprint density at radius 2 is 1.78 bits per heavy atom. The van der Waals surface area contributed by atoms with Crippen LogP contribution >= 0.6 is 11.6 Å². The molecule has 0 unspecified atom stereocenters. The second kappa shape index (κ2) is 5.56. The zero-order chi connectivity index (χ0) is 13.0. The molecule has 0 atom stereocenters. The van der Waals surface area contributed by atoms with Crippen molar-refractivity contribution in [3.8, 4) is 0 Å². The Labute approximate surface area is 111 Å². The van der Waals surface area contributed by atoms with Gasteiger partial charge in [0.25, 0.3) is 0 Å². The van der Waals surface area contributed by atoms with Gasteiger partial charge in [0.2, 0.25) is 0 Å². The average Bonchev–Trinajstić information content (AvgIpc) is 2.38. The molecule has 4 heteroatoms. The molecule has 0 heterocycles. The van der Waals surface area contributed by atoms with E-state index in [4.69, 9.17) is 22.7 Å². The molecule has 0 radical (unpaired) electrons. The molecule has 18 heavy (non-hydrogen) atoms. The van der Waals surface area contributed by atoms with E-state index in [1.54, 1.807) is 0 Å². The first-order valence-electron chi connectivity index (χ1n) is 5.58. The SMILES string of the molecule is N=C(N)c1ccc(NCc2ccccc2Cl)cc1. The van der Waals surface area contributed by atoms with Crippen LogP contribution in [0.2, 0.25) is 5.02 Å². The molecule has 0 aromatic heterocycles. The molecule has 2 aromatic carbocycles. The Morgan fingerprint density at radius 3 is 2.39 bits per heavy atom. The first-order valence-corrected chi connectivity index (χ1v) is 5.96. The molecule has 0 saturated heterocycles.